The Bertz CT molecular complexity index is 245. The molecule has 2 saturated carbocycles. The summed E-state index contributed by atoms with van der Waals surface area (Å²) in [7, 11) is 0. The van der Waals surface area contributed by atoms with Gasteiger partial charge in [0.1, 0.15) is 0 Å². The maximum Gasteiger partial charge on any atom is 0.0942 e. The first-order chi connectivity index (χ1) is 8.72. The topological polar surface area (TPSA) is 29.5 Å². The molecular weight excluding hydrogens is 224 g/mol. The fourth-order valence-electron chi connectivity index (χ4n) is 4.21. The van der Waals surface area contributed by atoms with Crippen molar-refractivity contribution in [1.29, 1.82) is 0 Å². The van der Waals surface area contributed by atoms with E-state index in [9.17, 15) is 5.11 Å². The van der Waals surface area contributed by atoms with Crippen molar-refractivity contribution in [3.63, 3.8) is 0 Å². The Hall–Kier alpha value is -0.0800. The molecule has 106 valence electrons. The molecule has 2 heteroatoms. The fourth-order valence-corrected chi connectivity index (χ4v) is 4.21. The molecule has 0 aromatic heterocycles. The van der Waals surface area contributed by atoms with Gasteiger partial charge in [-0.05, 0) is 44.4 Å². The largest absolute Gasteiger partial charge is 0.390 e. The highest BCUT2D eigenvalue weighted by molar-refractivity contribution is 4.97. The summed E-state index contributed by atoms with van der Waals surface area (Å²) in [5.41, 5.74) is -0.199. The smallest absolute Gasteiger partial charge is 0.0942 e. The summed E-state index contributed by atoms with van der Waals surface area (Å²) >= 11 is 0. The Morgan fingerprint density at radius 2 is 1.89 bits per heavy atom. The molecule has 0 aromatic rings. The number of hydrogen-bond donors (Lipinski definition) is 1. The maximum absolute atomic E-state index is 10.8. The van der Waals surface area contributed by atoms with Crippen LogP contribution in [0.4, 0.5) is 0 Å². The highest BCUT2D eigenvalue weighted by Gasteiger charge is 2.45. The molecule has 2 fully saturated rings. The molecule has 2 rings (SSSR count). The molecule has 0 saturated heterocycles. The molecule has 0 aromatic carbocycles. The molecular formula is C16H30O2. The molecule has 0 aliphatic heterocycles. The molecule has 0 bridgehead atoms. The minimum Gasteiger partial charge on any atom is -0.390 e. The van der Waals surface area contributed by atoms with Crippen molar-refractivity contribution in [3.05, 3.63) is 0 Å². The predicted molar refractivity (Wildman–Crippen MR) is 74.6 cm³/mol. The molecule has 3 atom stereocenters. The first-order valence-electron chi connectivity index (χ1n) is 8.04. The number of hydrogen-bond acceptors (Lipinski definition) is 2. The van der Waals surface area contributed by atoms with Crippen LogP contribution in [-0.2, 0) is 4.74 Å². The van der Waals surface area contributed by atoms with Gasteiger partial charge in [-0.25, -0.2) is 0 Å². The van der Waals surface area contributed by atoms with E-state index in [0.29, 0.717) is 5.92 Å². The van der Waals surface area contributed by atoms with Crippen LogP contribution in [-0.4, -0.2) is 23.4 Å². The van der Waals surface area contributed by atoms with Crippen molar-refractivity contribution in [2.75, 3.05) is 6.61 Å². The Kier molecular flexibility index (Phi) is 5.08. The standard InChI is InChI=1S/C16H30O2/c1-3-13-8-7-9-14(12-13)15(17)16(18-4-2)10-5-6-11-16/h13-15,17H,3-12H2,1-2H3. The van der Waals surface area contributed by atoms with E-state index in [1.807, 2.05) is 0 Å². The minimum atomic E-state index is -0.228. The summed E-state index contributed by atoms with van der Waals surface area (Å²) in [4.78, 5) is 0. The molecule has 0 heterocycles. The van der Waals surface area contributed by atoms with Crippen molar-refractivity contribution in [3.8, 4) is 0 Å². The fraction of sp³-hybridized carbons (Fsp3) is 1.00. The predicted octanol–water partition coefficient (Wildman–Crippen LogP) is 3.91. The van der Waals surface area contributed by atoms with Gasteiger partial charge in [-0.2, -0.15) is 0 Å². The number of ether oxygens (including phenoxy) is 1. The summed E-state index contributed by atoms with van der Waals surface area (Å²) in [6.07, 6.45) is 10.7. The number of rotatable bonds is 5. The van der Waals surface area contributed by atoms with Crippen LogP contribution >= 0.6 is 0 Å². The van der Waals surface area contributed by atoms with Gasteiger partial charge >= 0.3 is 0 Å². The van der Waals surface area contributed by atoms with E-state index < -0.39 is 0 Å². The van der Waals surface area contributed by atoms with Crippen LogP contribution in [0, 0.1) is 11.8 Å². The summed E-state index contributed by atoms with van der Waals surface area (Å²) in [5, 5.41) is 10.8. The van der Waals surface area contributed by atoms with E-state index in [4.69, 9.17) is 4.74 Å². The Morgan fingerprint density at radius 3 is 2.50 bits per heavy atom. The van der Waals surface area contributed by atoms with E-state index in [2.05, 4.69) is 13.8 Å². The average molecular weight is 254 g/mol. The van der Waals surface area contributed by atoms with E-state index in [1.54, 1.807) is 0 Å². The first kappa shape index (κ1) is 14.3. The third-order valence-corrected chi connectivity index (χ3v) is 5.27. The van der Waals surface area contributed by atoms with E-state index >= 15 is 0 Å². The van der Waals surface area contributed by atoms with Crippen LogP contribution in [0.25, 0.3) is 0 Å². The third kappa shape index (κ3) is 2.91. The van der Waals surface area contributed by atoms with Gasteiger partial charge in [0.05, 0.1) is 11.7 Å². The van der Waals surface area contributed by atoms with Gasteiger partial charge in [-0.15, -0.1) is 0 Å². The Labute approximate surface area is 112 Å². The van der Waals surface area contributed by atoms with E-state index in [1.165, 1.54) is 44.9 Å². The van der Waals surface area contributed by atoms with Crippen molar-refractivity contribution < 1.29 is 9.84 Å². The Morgan fingerprint density at radius 1 is 1.17 bits per heavy atom. The summed E-state index contributed by atoms with van der Waals surface area (Å²) in [6.45, 7) is 5.08. The Balaban J connectivity index is 2.01. The van der Waals surface area contributed by atoms with Crippen LogP contribution in [0.3, 0.4) is 0 Å². The van der Waals surface area contributed by atoms with E-state index in [0.717, 1.165) is 25.4 Å². The van der Waals surface area contributed by atoms with Crippen LogP contribution < -0.4 is 0 Å². The second-order valence-corrected chi connectivity index (χ2v) is 6.35. The lowest BCUT2D eigenvalue weighted by Crippen LogP contribution is -2.48. The SMILES string of the molecule is CCOC1(C(O)C2CCCC(CC)C2)CCCC1. The second-order valence-electron chi connectivity index (χ2n) is 6.35. The molecule has 2 aliphatic carbocycles. The quantitative estimate of drug-likeness (QED) is 0.806. The normalized spacial score (nSPS) is 33.5. The van der Waals surface area contributed by atoms with Crippen molar-refractivity contribution in [2.24, 2.45) is 11.8 Å². The van der Waals surface area contributed by atoms with Crippen molar-refractivity contribution in [1.82, 2.24) is 0 Å². The lowest BCUT2D eigenvalue weighted by molar-refractivity contribution is -0.142. The van der Waals surface area contributed by atoms with Crippen LogP contribution in [0.5, 0.6) is 0 Å². The average Bonchev–Trinajstić information content (AvgIpc) is 2.88. The molecule has 18 heavy (non-hydrogen) atoms. The number of aliphatic hydroxyl groups is 1. The van der Waals surface area contributed by atoms with Crippen LogP contribution in [0.15, 0.2) is 0 Å². The van der Waals surface area contributed by atoms with Crippen molar-refractivity contribution in [2.45, 2.75) is 83.3 Å². The first-order valence-corrected chi connectivity index (χ1v) is 8.04. The summed E-state index contributed by atoms with van der Waals surface area (Å²) in [5.74, 6) is 1.31. The lowest BCUT2D eigenvalue weighted by Gasteiger charge is -2.41. The van der Waals surface area contributed by atoms with E-state index in [-0.39, 0.29) is 11.7 Å². The maximum atomic E-state index is 10.8. The summed E-state index contributed by atoms with van der Waals surface area (Å²) in [6, 6.07) is 0. The third-order valence-electron chi connectivity index (χ3n) is 5.27. The van der Waals surface area contributed by atoms with Gasteiger partial charge in [0.25, 0.3) is 0 Å². The lowest BCUT2D eigenvalue weighted by atomic mass is 9.73. The molecule has 3 unspecified atom stereocenters. The molecule has 0 spiro atoms. The van der Waals surface area contributed by atoms with Gasteiger partial charge in [-0.3, -0.25) is 0 Å². The summed E-state index contributed by atoms with van der Waals surface area (Å²) < 4.78 is 6.02. The minimum absolute atomic E-state index is 0.199. The molecule has 0 amide bonds. The molecule has 2 aliphatic rings. The molecule has 2 nitrogen and oxygen atoms in total. The van der Waals surface area contributed by atoms with Crippen LogP contribution in [0.2, 0.25) is 0 Å². The highest BCUT2D eigenvalue weighted by Crippen LogP contribution is 2.43. The van der Waals surface area contributed by atoms with Gasteiger partial charge in [-0.1, -0.05) is 39.0 Å². The second kappa shape index (κ2) is 6.38. The van der Waals surface area contributed by atoms with Crippen LogP contribution in [0.1, 0.15) is 71.6 Å². The monoisotopic (exact) mass is 254 g/mol. The van der Waals surface area contributed by atoms with Gasteiger partial charge in [0, 0.05) is 6.61 Å². The van der Waals surface area contributed by atoms with Gasteiger partial charge in [0.15, 0.2) is 0 Å². The zero-order chi connectivity index (χ0) is 13.0. The zero-order valence-corrected chi connectivity index (χ0v) is 12.2. The molecule has 1 N–H and O–H groups in total. The number of aliphatic hydroxyl groups excluding tert-OH is 1. The highest BCUT2D eigenvalue weighted by atomic mass is 16.5. The molecule has 0 radical (unpaired) electrons. The zero-order valence-electron chi connectivity index (χ0n) is 12.2. The van der Waals surface area contributed by atoms with Crippen molar-refractivity contribution >= 4 is 0 Å². The van der Waals surface area contributed by atoms with Gasteiger partial charge < -0.3 is 9.84 Å². The van der Waals surface area contributed by atoms with Gasteiger partial charge in [0.2, 0.25) is 0 Å².